The number of hydrogen-bond acceptors (Lipinski definition) is 3. The summed E-state index contributed by atoms with van der Waals surface area (Å²) >= 11 is 0. The predicted octanol–water partition coefficient (Wildman–Crippen LogP) is 3.58. The average Bonchev–Trinajstić information content (AvgIpc) is 2.99. The van der Waals surface area contributed by atoms with Crippen LogP contribution in [0.2, 0.25) is 0 Å². The highest BCUT2D eigenvalue weighted by Gasteiger charge is 2.34. The summed E-state index contributed by atoms with van der Waals surface area (Å²) in [6, 6.07) is 13.8. The van der Waals surface area contributed by atoms with Crippen LogP contribution in [0.4, 0.5) is 14.5 Å². The van der Waals surface area contributed by atoms with Crippen molar-refractivity contribution in [2.75, 3.05) is 11.9 Å². The van der Waals surface area contributed by atoms with Crippen LogP contribution in [0.15, 0.2) is 48.5 Å². The van der Waals surface area contributed by atoms with Gasteiger partial charge < -0.3 is 15.0 Å². The van der Waals surface area contributed by atoms with Crippen molar-refractivity contribution in [2.24, 2.45) is 5.92 Å². The van der Waals surface area contributed by atoms with E-state index in [4.69, 9.17) is 0 Å². The minimum Gasteiger partial charge on any atom is -0.433 e. The third kappa shape index (κ3) is 4.81. The zero-order valence-corrected chi connectivity index (χ0v) is 14.8. The first-order chi connectivity index (χ1) is 12.9. The number of nitrogens with zero attached hydrogens (tertiary/aromatic N) is 1. The van der Waals surface area contributed by atoms with E-state index in [1.54, 1.807) is 11.0 Å². The number of likely N-dealkylation sites (tertiary alicyclic amines) is 1. The van der Waals surface area contributed by atoms with Crippen LogP contribution in [0.25, 0.3) is 0 Å². The molecule has 1 N–H and O–H groups in total. The molecule has 5 nitrogen and oxygen atoms in total. The van der Waals surface area contributed by atoms with E-state index in [0.717, 1.165) is 11.1 Å². The first-order valence-electron chi connectivity index (χ1n) is 8.60. The van der Waals surface area contributed by atoms with Gasteiger partial charge >= 0.3 is 6.61 Å². The number of nitrogens with one attached hydrogen (secondary N) is 1. The summed E-state index contributed by atoms with van der Waals surface area (Å²) < 4.78 is 29.4. The Morgan fingerprint density at radius 2 is 1.93 bits per heavy atom. The molecule has 2 aromatic carbocycles. The monoisotopic (exact) mass is 374 g/mol. The molecule has 0 spiro atoms. The minimum atomic E-state index is -2.99. The van der Waals surface area contributed by atoms with Gasteiger partial charge in [-0.05, 0) is 24.6 Å². The Labute approximate surface area is 155 Å². The Bertz CT molecular complexity index is 824. The van der Waals surface area contributed by atoms with Gasteiger partial charge in [0.05, 0.1) is 11.6 Å². The number of alkyl halides is 2. The standard InChI is InChI=1S/C20H20F2N2O3/c1-13-6-8-14(9-7-13)11-24-12-15(10-18(24)25)19(26)23-16-4-2-3-5-17(16)27-20(21)22/h2-9,15,20H,10-12H2,1H3,(H,23,26). The molecule has 1 heterocycles. The first kappa shape index (κ1) is 18.8. The van der Waals surface area contributed by atoms with Gasteiger partial charge in [-0.1, -0.05) is 42.0 Å². The maximum Gasteiger partial charge on any atom is 0.387 e. The van der Waals surface area contributed by atoms with Gasteiger partial charge in [0.25, 0.3) is 0 Å². The molecule has 0 aromatic heterocycles. The summed E-state index contributed by atoms with van der Waals surface area (Å²) in [5.41, 5.74) is 2.28. The Kier molecular flexibility index (Phi) is 5.69. The number of para-hydroxylation sites is 2. The number of aryl methyl sites for hydroxylation is 1. The maximum absolute atomic E-state index is 12.5. The van der Waals surface area contributed by atoms with Gasteiger partial charge in [-0.3, -0.25) is 9.59 Å². The zero-order chi connectivity index (χ0) is 19.4. The molecule has 0 bridgehead atoms. The predicted molar refractivity (Wildman–Crippen MR) is 96.4 cm³/mol. The Hall–Kier alpha value is -2.96. The quantitative estimate of drug-likeness (QED) is 0.841. The molecular formula is C20H20F2N2O3. The molecule has 1 fully saturated rings. The number of ether oxygens (including phenoxy) is 1. The van der Waals surface area contributed by atoms with Crippen molar-refractivity contribution >= 4 is 17.5 Å². The van der Waals surface area contributed by atoms with E-state index < -0.39 is 12.5 Å². The van der Waals surface area contributed by atoms with Gasteiger partial charge in [0.1, 0.15) is 5.75 Å². The second kappa shape index (κ2) is 8.16. The molecule has 27 heavy (non-hydrogen) atoms. The third-order valence-electron chi connectivity index (χ3n) is 4.44. The minimum absolute atomic E-state index is 0.0928. The molecule has 1 aliphatic heterocycles. The highest BCUT2D eigenvalue weighted by Crippen LogP contribution is 2.28. The molecule has 1 unspecified atom stereocenters. The van der Waals surface area contributed by atoms with Gasteiger partial charge in [-0.15, -0.1) is 0 Å². The number of amides is 2. The molecule has 1 atom stereocenters. The molecule has 3 rings (SSSR count). The topological polar surface area (TPSA) is 58.6 Å². The number of rotatable bonds is 6. The first-order valence-corrected chi connectivity index (χ1v) is 8.60. The molecule has 0 saturated carbocycles. The molecule has 0 aliphatic carbocycles. The van der Waals surface area contributed by atoms with E-state index in [9.17, 15) is 18.4 Å². The smallest absolute Gasteiger partial charge is 0.387 e. The summed E-state index contributed by atoms with van der Waals surface area (Å²) in [5.74, 6) is -1.14. The fourth-order valence-corrected chi connectivity index (χ4v) is 3.02. The van der Waals surface area contributed by atoms with Crippen LogP contribution in [0.1, 0.15) is 17.5 Å². The van der Waals surface area contributed by atoms with Crippen molar-refractivity contribution in [3.63, 3.8) is 0 Å². The normalized spacial score (nSPS) is 16.7. The third-order valence-corrected chi connectivity index (χ3v) is 4.44. The van der Waals surface area contributed by atoms with Gasteiger partial charge in [0.15, 0.2) is 0 Å². The van der Waals surface area contributed by atoms with Crippen LogP contribution in [-0.4, -0.2) is 29.9 Å². The molecule has 7 heteroatoms. The lowest BCUT2D eigenvalue weighted by Crippen LogP contribution is -2.28. The average molecular weight is 374 g/mol. The van der Waals surface area contributed by atoms with Crippen LogP contribution >= 0.6 is 0 Å². The molecule has 0 radical (unpaired) electrons. The van der Waals surface area contributed by atoms with E-state index in [-0.39, 0.29) is 36.2 Å². The number of benzene rings is 2. The van der Waals surface area contributed by atoms with E-state index in [1.165, 1.54) is 18.2 Å². The van der Waals surface area contributed by atoms with Crippen molar-refractivity contribution in [1.29, 1.82) is 0 Å². The van der Waals surface area contributed by atoms with E-state index >= 15 is 0 Å². The maximum atomic E-state index is 12.5. The van der Waals surface area contributed by atoms with Crippen molar-refractivity contribution in [3.05, 3.63) is 59.7 Å². The fraction of sp³-hybridized carbons (Fsp3) is 0.300. The SMILES string of the molecule is Cc1ccc(CN2CC(C(=O)Nc3ccccc3OC(F)F)CC2=O)cc1. The second-order valence-electron chi connectivity index (χ2n) is 6.52. The van der Waals surface area contributed by atoms with Crippen LogP contribution in [0, 0.1) is 12.8 Å². The second-order valence-corrected chi connectivity index (χ2v) is 6.52. The zero-order valence-electron chi connectivity index (χ0n) is 14.8. The Morgan fingerprint density at radius 3 is 2.63 bits per heavy atom. The summed E-state index contributed by atoms with van der Waals surface area (Å²) in [6.45, 7) is -0.272. The van der Waals surface area contributed by atoms with Crippen molar-refractivity contribution < 1.29 is 23.1 Å². The number of halogens is 2. The van der Waals surface area contributed by atoms with Crippen LogP contribution in [-0.2, 0) is 16.1 Å². The lowest BCUT2D eigenvalue weighted by Gasteiger charge is -2.17. The molecule has 2 amide bonds. The van der Waals surface area contributed by atoms with Crippen molar-refractivity contribution in [2.45, 2.75) is 26.5 Å². The van der Waals surface area contributed by atoms with Crippen LogP contribution < -0.4 is 10.1 Å². The summed E-state index contributed by atoms with van der Waals surface area (Å²) in [6.07, 6.45) is 0.0928. The van der Waals surface area contributed by atoms with Gasteiger partial charge in [-0.2, -0.15) is 8.78 Å². The Balaban J connectivity index is 1.63. The lowest BCUT2D eigenvalue weighted by atomic mass is 10.1. The van der Waals surface area contributed by atoms with Crippen molar-refractivity contribution in [3.8, 4) is 5.75 Å². The fourth-order valence-electron chi connectivity index (χ4n) is 3.02. The highest BCUT2D eigenvalue weighted by molar-refractivity contribution is 5.98. The molecule has 1 saturated heterocycles. The summed E-state index contributed by atoms with van der Waals surface area (Å²) in [5, 5.41) is 2.59. The van der Waals surface area contributed by atoms with Crippen LogP contribution in [0.5, 0.6) is 5.75 Å². The molecule has 142 valence electrons. The van der Waals surface area contributed by atoms with Crippen LogP contribution in [0.3, 0.4) is 0 Å². The molecule has 2 aromatic rings. The van der Waals surface area contributed by atoms with Gasteiger partial charge in [0.2, 0.25) is 11.8 Å². The van der Waals surface area contributed by atoms with E-state index in [2.05, 4.69) is 10.1 Å². The Morgan fingerprint density at radius 1 is 1.22 bits per heavy atom. The van der Waals surface area contributed by atoms with Gasteiger partial charge in [0, 0.05) is 19.5 Å². The number of hydrogen-bond donors (Lipinski definition) is 1. The van der Waals surface area contributed by atoms with E-state index in [1.807, 2.05) is 31.2 Å². The number of carbonyl (C=O) groups excluding carboxylic acids is 2. The lowest BCUT2D eigenvalue weighted by molar-refractivity contribution is -0.128. The molecule has 1 aliphatic rings. The summed E-state index contributed by atoms with van der Waals surface area (Å²) in [4.78, 5) is 26.4. The van der Waals surface area contributed by atoms with Crippen molar-refractivity contribution in [1.82, 2.24) is 4.90 Å². The number of anilines is 1. The molecular weight excluding hydrogens is 354 g/mol. The number of carbonyl (C=O) groups is 2. The largest absolute Gasteiger partial charge is 0.433 e. The highest BCUT2D eigenvalue weighted by atomic mass is 19.3. The van der Waals surface area contributed by atoms with E-state index in [0.29, 0.717) is 6.54 Å². The van der Waals surface area contributed by atoms with Gasteiger partial charge in [-0.25, -0.2) is 0 Å². The summed E-state index contributed by atoms with van der Waals surface area (Å²) in [7, 11) is 0.